The number of halogens is 1. The minimum Gasteiger partial charge on any atom is -0.293 e. The number of hydrogen-bond acceptors (Lipinski definition) is 1. The van der Waals surface area contributed by atoms with Gasteiger partial charge in [0, 0.05) is 5.56 Å². The third kappa shape index (κ3) is 2.68. The van der Waals surface area contributed by atoms with E-state index in [4.69, 9.17) is 0 Å². The Labute approximate surface area is 93.7 Å². The molecule has 0 fully saturated rings. The highest BCUT2D eigenvalue weighted by molar-refractivity contribution is 9.09. The fraction of sp³-hybridized carbons (Fsp3) is 0.417. The minimum absolute atomic E-state index is 0.148. The second-order valence-corrected chi connectivity index (χ2v) is 4.05. The second kappa shape index (κ2) is 5.30. The Hall–Kier alpha value is -0.630. The normalized spacial score (nSPS) is 12.5. The third-order valence-corrected chi connectivity index (χ3v) is 3.02. The largest absolute Gasteiger partial charge is 0.293 e. The summed E-state index contributed by atoms with van der Waals surface area (Å²) in [7, 11) is 0. The molecular formula is C12H15BrO. The number of benzene rings is 1. The van der Waals surface area contributed by atoms with E-state index in [1.807, 2.05) is 18.2 Å². The molecule has 1 atom stereocenters. The lowest BCUT2D eigenvalue weighted by Crippen LogP contribution is -2.01. The first-order valence-electron chi connectivity index (χ1n) is 4.88. The van der Waals surface area contributed by atoms with E-state index in [0.717, 1.165) is 12.0 Å². The van der Waals surface area contributed by atoms with Crippen LogP contribution in [-0.2, 0) is 0 Å². The quantitative estimate of drug-likeness (QED) is 0.591. The van der Waals surface area contributed by atoms with Crippen molar-refractivity contribution in [1.29, 1.82) is 0 Å². The summed E-state index contributed by atoms with van der Waals surface area (Å²) in [5.74, 6) is 0.674. The van der Waals surface area contributed by atoms with Crippen LogP contribution in [0.2, 0.25) is 0 Å². The summed E-state index contributed by atoms with van der Waals surface area (Å²) in [6, 6.07) is 7.91. The molecule has 14 heavy (non-hydrogen) atoms. The summed E-state index contributed by atoms with van der Waals surface area (Å²) in [4.78, 5) is 11.4. The smallest absolute Gasteiger partial charge is 0.173 e. The predicted molar refractivity (Wildman–Crippen MR) is 63.3 cm³/mol. The first-order valence-corrected chi connectivity index (χ1v) is 6.00. The van der Waals surface area contributed by atoms with Gasteiger partial charge in [-0.1, -0.05) is 48.0 Å². The van der Waals surface area contributed by atoms with Crippen molar-refractivity contribution >= 4 is 21.7 Å². The summed E-state index contributed by atoms with van der Waals surface area (Å²) in [6.07, 6.45) is 1.10. The summed E-state index contributed by atoms with van der Waals surface area (Å²) < 4.78 is 0. The van der Waals surface area contributed by atoms with Gasteiger partial charge in [0.1, 0.15) is 0 Å². The van der Waals surface area contributed by atoms with Gasteiger partial charge in [0.25, 0.3) is 0 Å². The molecule has 0 aliphatic heterocycles. The molecule has 0 bridgehead atoms. The second-order valence-electron chi connectivity index (χ2n) is 3.49. The molecular weight excluding hydrogens is 240 g/mol. The number of carbonyl (C=O) groups is 1. The van der Waals surface area contributed by atoms with Gasteiger partial charge in [-0.3, -0.25) is 4.79 Å². The number of Topliss-reactive ketones (excluding diaryl/α,β-unsaturated/α-hetero) is 1. The van der Waals surface area contributed by atoms with Crippen LogP contribution < -0.4 is 0 Å². The number of rotatable bonds is 4. The van der Waals surface area contributed by atoms with E-state index in [1.54, 1.807) is 0 Å². The highest BCUT2D eigenvalue weighted by Crippen LogP contribution is 2.19. The molecule has 76 valence electrons. The van der Waals surface area contributed by atoms with Crippen molar-refractivity contribution in [2.75, 3.05) is 5.33 Å². The maximum Gasteiger partial charge on any atom is 0.173 e. The van der Waals surface area contributed by atoms with Crippen molar-refractivity contribution < 1.29 is 4.79 Å². The first kappa shape index (κ1) is 11.4. The van der Waals surface area contributed by atoms with Crippen molar-refractivity contribution in [1.82, 2.24) is 0 Å². The van der Waals surface area contributed by atoms with Gasteiger partial charge >= 0.3 is 0 Å². The Bertz CT molecular complexity index is 320. The van der Waals surface area contributed by atoms with E-state index in [9.17, 15) is 4.79 Å². The van der Waals surface area contributed by atoms with Crippen LogP contribution in [-0.4, -0.2) is 11.1 Å². The Morgan fingerprint density at radius 2 is 2.21 bits per heavy atom. The molecule has 0 radical (unpaired) electrons. The Morgan fingerprint density at radius 3 is 2.79 bits per heavy atom. The molecule has 0 amide bonds. The summed E-state index contributed by atoms with van der Waals surface area (Å²) in [6.45, 7) is 4.33. The molecule has 0 aromatic heterocycles. The predicted octanol–water partition coefficient (Wildman–Crippen LogP) is 3.78. The molecule has 1 aromatic rings. The zero-order valence-corrected chi connectivity index (χ0v) is 10.2. The Morgan fingerprint density at radius 1 is 1.50 bits per heavy atom. The standard InChI is InChI=1S/C12H15BrO/c1-3-9(2)10-5-4-6-11(7-10)12(14)8-13/h4-7,9H,3,8H2,1-2H3. The van der Waals surface area contributed by atoms with Gasteiger partial charge in [-0.05, 0) is 24.0 Å². The van der Waals surface area contributed by atoms with Crippen LogP contribution in [0.4, 0.5) is 0 Å². The van der Waals surface area contributed by atoms with E-state index in [-0.39, 0.29) is 5.78 Å². The van der Waals surface area contributed by atoms with Crippen molar-refractivity contribution in [2.24, 2.45) is 0 Å². The number of hydrogen-bond donors (Lipinski definition) is 0. The molecule has 1 unspecified atom stereocenters. The Balaban J connectivity index is 2.95. The van der Waals surface area contributed by atoms with E-state index in [1.165, 1.54) is 5.56 Å². The van der Waals surface area contributed by atoms with Crippen LogP contribution in [0.3, 0.4) is 0 Å². The SMILES string of the molecule is CCC(C)c1cccc(C(=O)CBr)c1. The number of alkyl halides is 1. The molecule has 2 heteroatoms. The zero-order chi connectivity index (χ0) is 10.6. The maximum atomic E-state index is 11.4. The van der Waals surface area contributed by atoms with Crippen LogP contribution in [0.25, 0.3) is 0 Å². The number of carbonyl (C=O) groups excluding carboxylic acids is 1. The lowest BCUT2D eigenvalue weighted by molar-refractivity contribution is 0.102. The van der Waals surface area contributed by atoms with Crippen molar-refractivity contribution in [3.05, 3.63) is 35.4 Å². The molecule has 1 aromatic carbocycles. The van der Waals surface area contributed by atoms with Gasteiger partial charge < -0.3 is 0 Å². The molecule has 1 nitrogen and oxygen atoms in total. The van der Waals surface area contributed by atoms with E-state index < -0.39 is 0 Å². The summed E-state index contributed by atoms with van der Waals surface area (Å²) in [5.41, 5.74) is 2.05. The monoisotopic (exact) mass is 254 g/mol. The van der Waals surface area contributed by atoms with Crippen LogP contribution >= 0.6 is 15.9 Å². The fourth-order valence-corrected chi connectivity index (χ4v) is 1.66. The third-order valence-electron chi connectivity index (χ3n) is 2.51. The molecule has 0 N–H and O–H groups in total. The molecule has 0 saturated heterocycles. The van der Waals surface area contributed by atoms with Crippen LogP contribution in [0.5, 0.6) is 0 Å². The fourth-order valence-electron chi connectivity index (χ4n) is 1.33. The van der Waals surface area contributed by atoms with Crippen molar-refractivity contribution in [2.45, 2.75) is 26.2 Å². The van der Waals surface area contributed by atoms with Crippen LogP contribution in [0.15, 0.2) is 24.3 Å². The lowest BCUT2D eigenvalue weighted by Gasteiger charge is -2.09. The van der Waals surface area contributed by atoms with Gasteiger partial charge in [-0.2, -0.15) is 0 Å². The zero-order valence-electron chi connectivity index (χ0n) is 8.59. The molecule has 0 aliphatic carbocycles. The molecule has 0 heterocycles. The van der Waals surface area contributed by atoms with Gasteiger partial charge in [-0.25, -0.2) is 0 Å². The van der Waals surface area contributed by atoms with E-state index in [0.29, 0.717) is 11.2 Å². The summed E-state index contributed by atoms with van der Waals surface area (Å²) in [5, 5.41) is 0.400. The van der Waals surface area contributed by atoms with Gasteiger partial charge in [0.05, 0.1) is 5.33 Å². The molecule has 0 saturated carbocycles. The molecule has 0 aliphatic rings. The van der Waals surface area contributed by atoms with Gasteiger partial charge in [-0.15, -0.1) is 0 Å². The van der Waals surface area contributed by atoms with Crippen molar-refractivity contribution in [3.8, 4) is 0 Å². The topological polar surface area (TPSA) is 17.1 Å². The van der Waals surface area contributed by atoms with Gasteiger partial charge in [0.2, 0.25) is 0 Å². The highest BCUT2D eigenvalue weighted by atomic mass is 79.9. The minimum atomic E-state index is 0.148. The van der Waals surface area contributed by atoms with Crippen LogP contribution in [0, 0.1) is 0 Å². The number of ketones is 1. The highest BCUT2D eigenvalue weighted by Gasteiger charge is 2.07. The first-order chi connectivity index (χ1) is 6.69. The molecule has 0 spiro atoms. The molecule has 1 rings (SSSR count). The average molecular weight is 255 g/mol. The van der Waals surface area contributed by atoms with Crippen molar-refractivity contribution in [3.63, 3.8) is 0 Å². The average Bonchev–Trinajstić information content (AvgIpc) is 2.27. The Kier molecular flexibility index (Phi) is 4.33. The van der Waals surface area contributed by atoms with Crippen LogP contribution in [0.1, 0.15) is 42.1 Å². The maximum absolute atomic E-state index is 11.4. The summed E-state index contributed by atoms with van der Waals surface area (Å²) >= 11 is 3.18. The lowest BCUT2D eigenvalue weighted by atomic mass is 9.96. The van der Waals surface area contributed by atoms with Gasteiger partial charge in [0.15, 0.2) is 5.78 Å². The van der Waals surface area contributed by atoms with E-state index in [2.05, 4.69) is 35.8 Å². The van der Waals surface area contributed by atoms with E-state index >= 15 is 0 Å².